The number of aryl methyl sites for hydroxylation is 3. The molecule has 136 valence electrons. The van der Waals surface area contributed by atoms with Crippen LogP contribution in [0.3, 0.4) is 0 Å². The van der Waals surface area contributed by atoms with Gasteiger partial charge in [0.1, 0.15) is 12.7 Å². The fraction of sp³-hybridized carbons (Fsp3) is 0.300. The van der Waals surface area contributed by atoms with E-state index in [-0.39, 0.29) is 33.8 Å². The van der Waals surface area contributed by atoms with Crippen LogP contribution in [0, 0.1) is 20.8 Å². The smallest absolute Gasteiger partial charge is 0.202 e. The van der Waals surface area contributed by atoms with Crippen molar-refractivity contribution in [1.29, 1.82) is 0 Å². The zero-order valence-electron chi connectivity index (χ0n) is 15.6. The molecule has 0 spiro atoms. The largest absolute Gasteiger partial charge is 1.00 e. The molecule has 0 unspecified atom stereocenters. The van der Waals surface area contributed by atoms with Gasteiger partial charge in [-0.3, -0.25) is 9.59 Å². The second-order valence-corrected chi connectivity index (χ2v) is 6.36. The molecule has 0 saturated heterocycles. The van der Waals surface area contributed by atoms with E-state index in [0.717, 1.165) is 17.0 Å². The number of carbonyl (C=O) groups is 1. The Bertz CT molecular complexity index is 1070. The molecule has 0 saturated carbocycles. The third-order valence-corrected chi connectivity index (χ3v) is 4.83. The predicted octanol–water partition coefficient (Wildman–Crippen LogP) is -0.599. The Balaban J connectivity index is 0.00000243. The summed E-state index contributed by atoms with van der Waals surface area (Å²) in [5.74, 6) is -0.240. The van der Waals surface area contributed by atoms with Crippen molar-refractivity contribution in [1.82, 2.24) is 9.55 Å². The number of nitrogens with zero attached hydrogens (tertiary/aromatic N) is 3. The molecular formula is C20H22BrN3O2. The first-order valence-electron chi connectivity index (χ1n) is 8.36. The highest BCUT2D eigenvalue weighted by molar-refractivity contribution is 6.10. The monoisotopic (exact) mass is 415 g/mol. The molecule has 26 heavy (non-hydrogen) atoms. The number of carbonyl (C=O) groups excluding carboxylic acids is 1. The molecule has 0 aromatic carbocycles. The second-order valence-electron chi connectivity index (χ2n) is 6.36. The minimum atomic E-state index is -0.262. The second kappa shape index (κ2) is 7.50. The Hall–Kier alpha value is -2.34. The van der Waals surface area contributed by atoms with E-state index in [9.17, 15) is 9.59 Å². The van der Waals surface area contributed by atoms with E-state index in [1.165, 1.54) is 0 Å². The first kappa shape index (κ1) is 20.0. The molecule has 3 aromatic rings. The molecule has 0 aliphatic heterocycles. The fourth-order valence-corrected chi connectivity index (χ4v) is 3.04. The van der Waals surface area contributed by atoms with Crippen molar-refractivity contribution in [3.63, 3.8) is 0 Å². The number of rotatable bonds is 3. The summed E-state index contributed by atoms with van der Waals surface area (Å²) in [6, 6.07) is 5.33. The third kappa shape index (κ3) is 3.21. The van der Waals surface area contributed by atoms with Crippen LogP contribution in [0.1, 0.15) is 39.8 Å². The Kier molecular flexibility index (Phi) is 5.76. The van der Waals surface area contributed by atoms with Gasteiger partial charge < -0.3 is 21.5 Å². The van der Waals surface area contributed by atoms with Gasteiger partial charge in [0.15, 0.2) is 17.7 Å². The van der Waals surface area contributed by atoms with Gasteiger partial charge in [-0.2, -0.15) is 0 Å². The van der Waals surface area contributed by atoms with Gasteiger partial charge in [0.05, 0.1) is 10.9 Å². The maximum atomic E-state index is 13.1. The van der Waals surface area contributed by atoms with E-state index >= 15 is 0 Å². The highest BCUT2D eigenvalue weighted by Gasteiger charge is 2.22. The molecule has 0 amide bonds. The Morgan fingerprint density at radius 3 is 2.50 bits per heavy atom. The first-order chi connectivity index (χ1) is 11.8. The maximum absolute atomic E-state index is 13.1. The number of hydrogen-bond acceptors (Lipinski definition) is 3. The van der Waals surface area contributed by atoms with Crippen LogP contribution in [0.25, 0.3) is 11.0 Å². The van der Waals surface area contributed by atoms with Gasteiger partial charge in [-0.05, 0) is 32.9 Å². The van der Waals surface area contributed by atoms with Gasteiger partial charge in [-0.15, -0.1) is 0 Å². The van der Waals surface area contributed by atoms with E-state index < -0.39 is 0 Å². The van der Waals surface area contributed by atoms with Gasteiger partial charge in [-0.25, -0.2) is 9.55 Å². The lowest BCUT2D eigenvalue weighted by molar-refractivity contribution is -0.678. The first-order valence-corrected chi connectivity index (χ1v) is 8.36. The highest BCUT2D eigenvalue weighted by atomic mass is 79.9. The molecule has 3 rings (SSSR count). The number of pyridine rings is 3. The number of aromatic nitrogens is 3. The fourth-order valence-electron chi connectivity index (χ4n) is 3.04. The molecule has 0 bridgehead atoms. The van der Waals surface area contributed by atoms with Crippen LogP contribution in [0.4, 0.5) is 0 Å². The molecular weight excluding hydrogens is 394 g/mol. The molecule has 5 nitrogen and oxygen atoms in total. The van der Waals surface area contributed by atoms with Crippen molar-refractivity contribution in [3.05, 3.63) is 68.9 Å². The van der Waals surface area contributed by atoms with Crippen LogP contribution in [0.15, 0.2) is 35.4 Å². The highest BCUT2D eigenvalue weighted by Crippen LogP contribution is 2.16. The summed E-state index contributed by atoms with van der Waals surface area (Å²) in [6.45, 7) is 8.37. The van der Waals surface area contributed by atoms with Crippen molar-refractivity contribution >= 4 is 16.8 Å². The lowest BCUT2D eigenvalue weighted by Gasteiger charge is -2.12. The van der Waals surface area contributed by atoms with Gasteiger partial charge >= 0.3 is 0 Å². The minimum absolute atomic E-state index is 0. The van der Waals surface area contributed by atoms with Crippen molar-refractivity contribution in [2.75, 3.05) is 0 Å². The maximum Gasteiger partial charge on any atom is 0.202 e. The standard InChI is InChI=1S/C20H22N3O2.BrH/c1-6-23-11-17(19(25)16-8-7-12(2)21-20(16)23)18(24)15-9-10-22(5)14(4)13(15)3;/h7-11H,6H2,1-5H3;1H/q+1;/p-1. The molecule has 0 aliphatic carbocycles. The topological polar surface area (TPSA) is 55.8 Å². The van der Waals surface area contributed by atoms with Crippen molar-refractivity contribution in [2.45, 2.75) is 34.2 Å². The van der Waals surface area contributed by atoms with Crippen LogP contribution in [0.5, 0.6) is 0 Å². The summed E-state index contributed by atoms with van der Waals surface area (Å²) in [5, 5.41) is 0.481. The average Bonchev–Trinajstić information content (AvgIpc) is 2.59. The van der Waals surface area contributed by atoms with Gasteiger partial charge in [0.2, 0.25) is 5.43 Å². The van der Waals surface area contributed by atoms with Gasteiger partial charge in [0.25, 0.3) is 0 Å². The number of hydrogen-bond donors (Lipinski definition) is 0. The third-order valence-electron chi connectivity index (χ3n) is 4.83. The molecule has 0 radical (unpaired) electrons. The SMILES string of the molecule is CCn1cc(C(=O)c2cc[n+](C)c(C)c2C)c(=O)c2ccc(C)nc21.[Br-]. The number of ketones is 1. The Morgan fingerprint density at radius 1 is 1.15 bits per heavy atom. The molecule has 6 heteroatoms. The molecule has 3 heterocycles. The zero-order chi connectivity index (χ0) is 18.3. The van der Waals surface area contributed by atoms with E-state index in [1.54, 1.807) is 24.4 Å². The molecule has 0 fully saturated rings. The van der Waals surface area contributed by atoms with Crippen molar-refractivity contribution in [3.8, 4) is 0 Å². The van der Waals surface area contributed by atoms with E-state index in [2.05, 4.69) is 4.98 Å². The molecule has 0 aliphatic rings. The van der Waals surface area contributed by atoms with Crippen molar-refractivity contribution in [2.24, 2.45) is 7.05 Å². The summed E-state index contributed by atoms with van der Waals surface area (Å²) in [7, 11) is 1.94. The Morgan fingerprint density at radius 2 is 1.85 bits per heavy atom. The minimum Gasteiger partial charge on any atom is -1.00 e. The predicted molar refractivity (Wildman–Crippen MR) is 96.9 cm³/mol. The lowest BCUT2D eigenvalue weighted by atomic mass is 9.98. The van der Waals surface area contributed by atoms with E-state index in [1.807, 2.05) is 50.1 Å². The quantitative estimate of drug-likeness (QED) is 0.424. The van der Waals surface area contributed by atoms with Crippen LogP contribution in [-0.4, -0.2) is 15.3 Å². The summed E-state index contributed by atoms with van der Waals surface area (Å²) in [6.07, 6.45) is 3.49. The number of fused-ring (bicyclic) bond motifs is 1. The lowest BCUT2D eigenvalue weighted by Crippen LogP contribution is -3.00. The van der Waals surface area contributed by atoms with Gasteiger partial charge in [0, 0.05) is 42.6 Å². The molecule has 3 aromatic heterocycles. The number of halogens is 1. The molecule has 0 N–H and O–H groups in total. The normalized spacial score (nSPS) is 10.7. The zero-order valence-corrected chi connectivity index (χ0v) is 17.2. The summed E-state index contributed by atoms with van der Waals surface area (Å²) in [5.41, 5.74) is 3.85. The summed E-state index contributed by atoms with van der Waals surface area (Å²) >= 11 is 0. The summed E-state index contributed by atoms with van der Waals surface area (Å²) in [4.78, 5) is 30.5. The van der Waals surface area contributed by atoms with Crippen molar-refractivity contribution < 1.29 is 26.3 Å². The van der Waals surface area contributed by atoms with Crippen LogP contribution >= 0.6 is 0 Å². The summed E-state index contributed by atoms with van der Waals surface area (Å²) < 4.78 is 3.83. The van der Waals surface area contributed by atoms with Crippen LogP contribution in [-0.2, 0) is 13.6 Å². The van der Waals surface area contributed by atoms with E-state index in [4.69, 9.17) is 0 Å². The van der Waals surface area contributed by atoms with Crippen LogP contribution < -0.4 is 27.0 Å². The molecule has 0 atom stereocenters. The van der Waals surface area contributed by atoms with Gasteiger partial charge in [-0.1, -0.05) is 0 Å². The Labute approximate surface area is 163 Å². The van der Waals surface area contributed by atoms with E-state index in [0.29, 0.717) is 23.1 Å². The average molecular weight is 416 g/mol. The van der Waals surface area contributed by atoms with Crippen LogP contribution in [0.2, 0.25) is 0 Å².